The molecule has 0 radical (unpaired) electrons. The van der Waals surface area contributed by atoms with Crippen LogP contribution in [0.2, 0.25) is 0 Å². The van der Waals surface area contributed by atoms with Crippen molar-refractivity contribution in [1.29, 1.82) is 0 Å². The van der Waals surface area contributed by atoms with Gasteiger partial charge in [0.15, 0.2) is 5.82 Å². The number of rotatable bonds is 2. The zero-order valence-electron chi connectivity index (χ0n) is 13.9. The van der Waals surface area contributed by atoms with Gasteiger partial charge in [-0.1, -0.05) is 0 Å². The number of hydrogen-bond donors (Lipinski definition) is 0. The average Bonchev–Trinajstić information content (AvgIpc) is 2.76. The number of Topliss-reactive ketones (excluding diaryl/α,β-unsaturated/α-hetero) is 1. The molecule has 23 heavy (non-hydrogen) atoms. The first-order valence-electron chi connectivity index (χ1n) is 8.17. The van der Waals surface area contributed by atoms with E-state index in [2.05, 4.69) is 9.97 Å². The van der Waals surface area contributed by atoms with Gasteiger partial charge in [-0.15, -0.1) is 0 Å². The number of fused-ring (bicyclic) bond motifs is 2. The van der Waals surface area contributed by atoms with E-state index in [-0.39, 0.29) is 35.7 Å². The number of carbonyl (C=O) groups is 2. The van der Waals surface area contributed by atoms with Crippen molar-refractivity contribution in [2.45, 2.75) is 64.1 Å². The van der Waals surface area contributed by atoms with Crippen LogP contribution in [0.5, 0.6) is 0 Å². The fourth-order valence-electron chi connectivity index (χ4n) is 3.61. The molecule has 0 aromatic carbocycles. The average molecular weight is 317 g/mol. The molecule has 124 valence electrons. The predicted molar refractivity (Wildman–Crippen MR) is 84.0 cm³/mol. The summed E-state index contributed by atoms with van der Waals surface area (Å²) in [6, 6.07) is 1.87. The van der Waals surface area contributed by atoms with Crippen LogP contribution in [0.3, 0.4) is 0 Å². The number of aromatic nitrogens is 2. The Bertz CT molecular complexity index is 583. The molecule has 0 aliphatic carbocycles. The van der Waals surface area contributed by atoms with Gasteiger partial charge in [0.2, 0.25) is 5.78 Å². The van der Waals surface area contributed by atoms with Crippen molar-refractivity contribution in [3.05, 3.63) is 24.3 Å². The predicted octanol–water partition coefficient (Wildman–Crippen LogP) is 2.84. The van der Waals surface area contributed by atoms with Gasteiger partial charge in [-0.25, -0.2) is 14.8 Å². The molecule has 2 atom stereocenters. The second-order valence-corrected chi connectivity index (χ2v) is 7.38. The van der Waals surface area contributed by atoms with Crippen molar-refractivity contribution in [2.24, 2.45) is 5.92 Å². The summed E-state index contributed by atoms with van der Waals surface area (Å²) in [6.45, 7) is 5.61. The highest BCUT2D eigenvalue weighted by molar-refractivity contribution is 5.94. The molecule has 1 amide bonds. The van der Waals surface area contributed by atoms with E-state index >= 15 is 0 Å². The zero-order chi connectivity index (χ0) is 16.6. The third-order valence-corrected chi connectivity index (χ3v) is 4.49. The van der Waals surface area contributed by atoms with Crippen LogP contribution in [0, 0.1) is 5.92 Å². The number of amides is 1. The van der Waals surface area contributed by atoms with E-state index in [1.54, 1.807) is 18.5 Å². The van der Waals surface area contributed by atoms with Crippen LogP contribution in [0.15, 0.2) is 18.5 Å². The SMILES string of the molecule is CC(C)(C)OC(=O)N1C2CCC1CC(C(=O)c1ncccn1)C2. The molecule has 2 bridgehead atoms. The summed E-state index contributed by atoms with van der Waals surface area (Å²) in [7, 11) is 0. The molecule has 1 aromatic rings. The quantitative estimate of drug-likeness (QED) is 0.784. The fourth-order valence-corrected chi connectivity index (χ4v) is 3.61. The van der Waals surface area contributed by atoms with E-state index in [4.69, 9.17) is 4.74 Å². The second kappa shape index (κ2) is 5.91. The molecule has 2 aliphatic rings. The molecule has 0 N–H and O–H groups in total. The van der Waals surface area contributed by atoms with Crippen molar-refractivity contribution < 1.29 is 14.3 Å². The van der Waals surface area contributed by atoms with Gasteiger partial charge in [-0.2, -0.15) is 0 Å². The Labute approximate surface area is 136 Å². The number of hydrogen-bond acceptors (Lipinski definition) is 5. The Morgan fingerprint density at radius 1 is 1.13 bits per heavy atom. The van der Waals surface area contributed by atoms with Crippen LogP contribution in [0.25, 0.3) is 0 Å². The molecule has 2 aliphatic heterocycles. The Balaban J connectivity index is 1.70. The lowest BCUT2D eigenvalue weighted by atomic mass is 9.87. The monoisotopic (exact) mass is 317 g/mol. The van der Waals surface area contributed by atoms with E-state index < -0.39 is 5.60 Å². The molecule has 0 saturated carbocycles. The molecule has 1 aromatic heterocycles. The van der Waals surface area contributed by atoms with E-state index in [0.29, 0.717) is 12.8 Å². The number of ether oxygens (including phenoxy) is 1. The highest BCUT2D eigenvalue weighted by Gasteiger charge is 2.46. The van der Waals surface area contributed by atoms with E-state index in [9.17, 15) is 9.59 Å². The maximum Gasteiger partial charge on any atom is 0.410 e. The van der Waals surface area contributed by atoms with Crippen LogP contribution in [-0.4, -0.2) is 44.4 Å². The zero-order valence-corrected chi connectivity index (χ0v) is 13.9. The highest BCUT2D eigenvalue weighted by atomic mass is 16.6. The van der Waals surface area contributed by atoms with Crippen LogP contribution < -0.4 is 0 Å². The Morgan fingerprint density at radius 2 is 1.70 bits per heavy atom. The van der Waals surface area contributed by atoms with Crippen molar-refractivity contribution in [2.75, 3.05) is 0 Å². The van der Waals surface area contributed by atoms with Gasteiger partial charge in [-0.05, 0) is 52.5 Å². The normalized spacial score (nSPS) is 26.9. The number of piperidine rings is 1. The first-order valence-corrected chi connectivity index (χ1v) is 8.17. The summed E-state index contributed by atoms with van der Waals surface area (Å²) < 4.78 is 5.52. The molecule has 3 heterocycles. The first-order chi connectivity index (χ1) is 10.8. The third-order valence-electron chi connectivity index (χ3n) is 4.49. The minimum Gasteiger partial charge on any atom is -0.444 e. The van der Waals surface area contributed by atoms with Crippen molar-refractivity contribution >= 4 is 11.9 Å². The second-order valence-electron chi connectivity index (χ2n) is 7.38. The summed E-state index contributed by atoms with van der Waals surface area (Å²) in [5, 5.41) is 0. The molecule has 6 heteroatoms. The Hall–Kier alpha value is -1.98. The molecular formula is C17H23N3O3. The number of nitrogens with zero attached hydrogens (tertiary/aromatic N) is 3. The van der Waals surface area contributed by atoms with Gasteiger partial charge in [0.25, 0.3) is 0 Å². The van der Waals surface area contributed by atoms with Crippen LogP contribution in [0.1, 0.15) is 57.1 Å². The Morgan fingerprint density at radius 3 is 2.22 bits per heavy atom. The van der Waals surface area contributed by atoms with Crippen LogP contribution >= 0.6 is 0 Å². The van der Waals surface area contributed by atoms with Gasteiger partial charge in [0, 0.05) is 30.4 Å². The smallest absolute Gasteiger partial charge is 0.410 e. The van der Waals surface area contributed by atoms with Crippen LogP contribution in [0.4, 0.5) is 4.79 Å². The highest BCUT2D eigenvalue weighted by Crippen LogP contribution is 2.40. The van der Waals surface area contributed by atoms with E-state index in [0.717, 1.165) is 12.8 Å². The molecule has 2 unspecified atom stereocenters. The molecular weight excluding hydrogens is 294 g/mol. The molecule has 0 spiro atoms. The molecule has 2 fully saturated rings. The van der Waals surface area contributed by atoms with Gasteiger partial charge < -0.3 is 9.64 Å². The maximum absolute atomic E-state index is 12.6. The summed E-state index contributed by atoms with van der Waals surface area (Å²) in [5.41, 5.74) is -0.499. The van der Waals surface area contributed by atoms with Crippen molar-refractivity contribution in [3.63, 3.8) is 0 Å². The standard InChI is InChI=1S/C17H23N3O3/c1-17(2,3)23-16(22)20-12-5-6-13(20)10-11(9-12)14(21)15-18-7-4-8-19-15/h4,7-8,11-13H,5-6,9-10H2,1-3H3. The molecule has 2 saturated heterocycles. The Kier molecular flexibility index (Phi) is 4.08. The lowest BCUT2D eigenvalue weighted by Gasteiger charge is -2.38. The molecule has 6 nitrogen and oxygen atoms in total. The fraction of sp³-hybridized carbons (Fsp3) is 0.647. The minimum atomic E-state index is -0.499. The summed E-state index contributed by atoms with van der Waals surface area (Å²) in [6.07, 6.45) is 6.13. The van der Waals surface area contributed by atoms with Gasteiger partial charge >= 0.3 is 6.09 Å². The number of ketones is 1. The maximum atomic E-state index is 12.6. The summed E-state index contributed by atoms with van der Waals surface area (Å²) in [5.74, 6) is 0.169. The van der Waals surface area contributed by atoms with E-state index in [1.807, 2.05) is 25.7 Å². The van der Waals surface area contributed by atoms with Crippen molar-refractivity contribution in [3.8, 4) is 0 Å². The van der Waals surface area contributed by atoms with Gasteiger partial charge in [0.05, 0.1) is 0 Å². The van der Waals surface area contributed by atoms with Crippen molar-refractivity contribution in [1.82, 2.24) is 14.9 Å². The van der Waals surface area contributed by atoms with Gasteiger partial charge in [-0.3, -0.25) is 4.79 Å². The van der Waals surface area contributed by atoms with Crippen LogP contribution in [-0.2, 0) is 4.74 Å². The summed E-state index contributed by atoms with van der Waals surface area (Å²) in [4.78, 5) is 34.9. The van der Waals surface area contributed by atoms with Gasteiger partial charge in [0.1, 0.15) is 5.60 Å². The summed E-state index contributed by atoms with van der Waals surface area (Å²) >= 11 is 0. The van der Waals surface area contributed by atoms with E-state index in [1.165, 1.54) is 0 Å². The number of carbonyl (C=O) groups excluding carboxylic acids is 2. The lowest BCUT2D eigenvalue weighted by Crippen LogP contribution is -2.49. The molecule has 3 rings (SSSR count). The third kappa shape index (κ3) is 3.35. The minimum absolute atomic E-state index is 0.00802. The largest absolute Gasteiger partial charge is 0.444 e. The first kappa shape index (κ1) is 15.9. The topological polar surface area (TPSA) is 72.4 Å². The lowest BCUT2D eigenvalue weighted by molar-refractivity contribution is 0.00247.